The van der Waals surface area contributed by atoms with E-state index >= 15 is 0 Å². The molecule has 0 aromatic carbocycles. The predicted octanol–water partition coefficient (Wildman–Crippen LogP) is 15.4. The van der Waals surface area contributed by atoms with E-state index in [0.29, 0.717) is 6.42 Å². The Labute approximate surface area is 432 Å². The van der Waals surface area contributed by atoms with Gasteiger partial charge in [0.05, 0.1) is 25.4 Å². The number of carbonyl (C=O) groups excluding carboxylic acids is 1. The molecule has 414 valence electrons. The summed E-state index contributed by atoms with van der Waals surface area (Å²) < 4.78 is 11.3. The molecule has 1 heterocycles. The minimum Gasteiger partial charge on any atom is -0.394 e. The summed E-state index contributed by atoms with van der Waals surface area (Å²) in [5.74, 6) is -0.171. The molecule has 1 aliphatic heterocycles. The van der Waals surface area contributed by atoms with Crippen molar-refractivity contribution in [2.45, 2.75) is 346 Å². The fourth-order valence-corrected chi connectivity index (χ4v) is 9.92. The molecule has 9 heteroatoms. The van der Waals surface area contributed by atoms with Crippen LogP contribution in [0.4, 0.5) is 0 Å². The van der Waals surface area contributed by atoms with E-state index in [1.165, 1.54) is 244 Å². The van der Waals surface area contributed by atoms with E-state index < -0.39 is 49.5 Å². The molecule has 0 aromatic heterocycles. The van der Waals surface area contributed by atoms with Crippen LogP contribution in [0.3, 0.4) is 0 Å². The van der Waals surface area contributed by atoms with Gasteiger partial charge in [0.2, 0.25) is 5.91 Å². The SMILES string of the molecule is CCCCCCCCCC/C=C\CCCCCCCCCCCCCCCCCC(=O)NC(COC1OC(CO)C(O)C(O)C1O)C(O)/C=C/CCCCCCCCCCCCCCCCCCCC. The molecule has 1 aliphatic rings. The third kappa shape index (κ3) is 40.1. The minimum absolute atomic E-state index is 0.171. The standard InChI is InChI=1S/C61H117NO8/c1-3-5-7-9-11-13-15-17-19-21-23-25-26-27-28-29-30-31-33-35-37-39-41-43-45-47-49-51-57(65)62-54(53-69-61-60(68)59(67)58(66)56(52-63)70-61)55(64)50-48-46-44-42-40-38-36-34-32-24-22-20-18-16-14-12-10-8-6-4-2/h21,23,48,50,54-56,58-61,63-64,66-68H,3-20,22,24-47,49,51-53H2,1-2H3,(H,62,65)/b23-21-,50-48+. The maximum atomic E-state index is 13.1. The van der Waals surface area contributed by atoms with Crippen molar-refractivity contribution in [3.05, 3.63) is 24.3 Å². The van der Waals surface area contributed by atoms with Gasteiger partial charge in [0.25, 0.3) is 0 Å². The Bertz CT molecular complexity index is 1150. The fourth-order valence-electron chi connectivity index (χ4n) is 9.92. The van der Waals surface area contributed by atoms with Gasteiger partial charge in [-0.3, -0.25) is 4.79 Å². The van der Waals surface area contributed by atoms with Crippen LogP contribution in [0, 0.1) is 0 Å². The minimum atomic E-state index is -1.56. The Hall–Kier alpha value is -1.33. The lowest BCUT2D eigenvalue weighted by molar-refractivity contribution is -0.302. The zero-order valence-electron chi connectivity index (χ0n) is 46.0. The number of carbonyl (C=O) groups is 1. The number of amides is 1. The maximum Gasteiger partial charge on any atom is 0.220 e. The topological polar surface area (TPSA) is 149 Å². The van der Waals surface area contributed by atoms with Gasteiger partial charge >= 0.3 is 0 Å². The molecular weight excluding hydrogens is 875 g/mol. The van der Waals surface area contributed by atoms with Gasteiger partial charge in [-0.2, -0.15) is 0 Å². The second-order valence-electron chi connectivity index (χ2n) is 21.5. The van der Waals surface area contributed by atoms with E-state index in [2.05, 4.69) is 31.3 Å². The number of ether oxygens (including phenoxy) is 2. The van der Waals surface area contributed by atoms with Crippen molar-refractivity contribution in [2.24, 2.45) is 0 Å². The Morgan fingerprint density at radius 3 is 1.16 bits per heavy atom. The zero-order valence-corrected chi connectivity index (χ0v) is 46.0. The molecule has 0 radical (unpaired) electrons. The average Bonchev–Trinajstić information content (AvgIpc) is 3.36. The second-order valence-corrected chi connectivity index (χ2v) is 21.5. The molecule has 0 bridgehead atoms. The van der Waals surface area contributed by atoms with Gasteiger partial charge < -0.3 is 40.3 Å². The zero-order chi connectivity index (χ0) is 50.8. The maximum absolute atomic E-state index is 13.1. The smallest absolute Gasteiger partial charge is 0.220 e. The number of hydrogen-bond acceptors (Lipinski definition) is 8. The summed E-state index contributed by atoms with van der Waals surface area (Å²) in [6.45, 7) is 3.82. The van der Waals surface area contributed by atoms with Crippen LogP contribution in [0.2, 0.25) is 0 Å². The third-order valence-corrected chi connectivity index (χ3v) is 14.8. The number of rotatable bonds is 53. The van der Waals surface area contributed by atoms with E-state index in [0.717, 1.165) is 38.5 Å². The lowest BCUT2D eigenvalue weighted by atomic mass is 9.99. The molecular formula is C61H117NO8. The fraction of sp³-hybridized carbons (Fsp3) is 0.918. The Morgan fingerprint density at radius 2 is 0.800 bits per heavy atom. The van der Waals surface area contributed by atoms with Gasteiger partial charge in [0.15, 0.2) is 6.29 Å². The molecule has 1 saturated heterocycles. The van der Waals surface area contributed by atoms with Crippen molar-refractivity contribution in [3.63, 3.8) is 0 Å². The molecule has 7 unspecified atom stereocenters. The number of aliphatic hydroxyl groups excluding tert-OH is 5. The summed E-state index contributed by atoms with van der Waals surface area (Å²) in [6, 6.07) is -0.803. The van der Waals surface area contributed by atoms with Crippen LogP contribution in [0.25, 0.3) is 0 Å². The molecule has 70 heavy (non-hydrogen) atoms. The van der Waals surface area contributed by atoms with Crippen LogP contribution in [0.15, 0.2) is 24.3 Å². The van der Waals surface area contributed by atoms with Crippen LogP contribution >= 0.6 is 0 Å². The van der Waals surface area contributed by atoms with Gasteiger partial charge in [0, 0.05) is 6.42 Å². The first-order valence-corrected chi connectivity index (χ1v) is 30.6. The first-order chi connectivity index (χ1) is 34.3. The van der Waals surface area contributed by atoms with Gasteiger partial charge in [-0.1, -0.05) is 276 Å². The first-order valence-electron chi connectivity index (χ1n) is 30.6. The van der Waals surface area contributed by atoms with Crippen LogP contribution in [-0.4, -0.2) is 87.5 Å². The second kappa shape index (κ2) is 51.2. The Kier molecular flexibility index (Phi) is 48.7. The molecule has 0 aliphatic carbocycles. The Balaban J connectivity index is 2.18. The molecule has 0 saturated carbocycles. The highest BCUT2D eigenvalue weighted by molar-refractivity contribution is 5.76. The lowest BCUT2D eigenvalue weighted by Gasteiger charge is -2.40. The van der Waals surface area contributed by atoms with E-state index in [-0.39, 0.29) is 12.5 Å². The molecule has 0 aromatic rings. The van der Waals surface area contributed by atoms with E-state index in [4.69, 9.17) is 9.47 Å². The van der Waals surface area contributed by atoms with Gasteiger partial charge in [0.1, 0.15) is 24.4 Å². The lowest BCUT2D eigenvalue weighted by Crippen LogP contribution is -2.60. The molecule has 1 fully saturated rings. The number of aliphatic hydroxyl groups is 5. The van der Waals surface area contributed by atoms with Crippen LogP contribution in [0.1, 0.15) is 303 Å². The highest BCUT2D eigenvalue weighted by atomic mass is 16.7. The van der Waals surface area contributed by atoms with Crippen LogP contribution < -0.4 is 5.32 Å². The highest BCUT2D eigenvalue weighted by Gasteiger charge is 2.44. The van der Waals surface area contributed by atoms with E-state index in [1.807, 2.05) is 6.08 Å². The summed E-state index contributed by atoms with van der Waals surface area (Å²) in [7, 11) is 0. The number of nitrogens with one attached hydrogen (secondary N) is 1. The predicted molar refractivity (Wildman–Crippen MR) is 295 cm³/mol. The molecule has 1 rings (SSSR count). The van der Waals surface area contributed by atoms with Gasteiger partial charge in [-0.15, -0.1) is 0 Å². The van der Waals surface area contributed by atoms with Crippen molar-refractivity contribution in [1.29, 1.82) is 0 Å². The first kappa shape index (κ1) is 66.7. The van der Waals surface area contributed by atoms with Crippen molar-refractivity contribution in [1.82, 2.24) is 5.32 Å². The summed E-state index contributed by atoms with van der Waals surface area (Å²) in [5.41, 5.74) is 0. The third-order valence-electron chi connectivity index (χ3n) is 14.8. The number of hydrogen-bond donors (Lipinski definition) is 6. The van der Waals surface area contributed by atoms with E-state index in [1.54, 1.807) is 6.08 Å². The van der Waals surface area contributed by atoms with Gasteiger partial charge in [-0.25, -0.2) is 0 Å². The quantitative estimate of drug-likeness (QED) is 0.0261. The molecule has 1 amide bonds. The van der Waals surface area contributed by atoms with Crippen molar-refractivity contribution in [2.75, 3.05) is 13.2 Å². The average molecular weight is 993 g/mol. The van der Waals surface area contributed by atoms with Crippen molar-refractivity contribution < 1.29 is 39.8 Å². The molecule has 0 spiro atoms. The normalized spacial score (nSPS) is 19.4. The molecule has 9 nitrogen and oxygen atoms in total. The van der Waals surface area contributed by atoms with Crippen molar-refractivity contribution >= 4 is 5.91 Å². The summed E-state index contributed by atoms with van der Waals surface area (Å²) in [4.78, 5) is 13.1. The summed E-state index contributed by atoms with van der Waals surface area (Å²) in [5, 5.41) is 54.6. The van der Waals surface area contributed by atoms with Crippen LogP contribution in [-0.2, 0) is 14.3 Å². The number of unbranched alkanes of at least 4 members (excludes halogenated alkanes) is 41. The van der Waals surface area contributed by atoms with E-state index in [9.17, 15) is 30.3 Å². The van der Waals surface area contributed by atoms with Crippen molar-refractivity contribution in [3.8, 4) is 0 Å². The monoisotopic (exact) mass is 992 g/mol. The molecule has 7 atom stereocenters. The molecule has 6 N–H and O–H groups in total. The Morgan fingerprint density at radius 1 is 0.471 bits per heavy atom. The summed E-state index contributed by atoms with van der Waals surface area (Å²) >= 11 is 0. The largest absolute Gasteiger partial charge is 0.394 e. The van der Waals surface area contributed by atoms with Crippen LogP contribution in [0.5, 0.6) is 0 Å². The number of allylic oxidation sites excluding steroid dienone is 3. The van der Waals surface area contributed by atoms with Gasteiger partial charge in [-0.05, 0) is 44.9 Å². The summed E-state index contributed by atoms with van der Waals surface area (Å²) in [6.07, 6.45) is 58.2. The highest BCUT2D eigenvalue weighted by Crippen LogP contribution is 2.23.